The third-order valence-electron chi connectivity index (χ3n) is 4.98. The molecule has 0 saturated carbocycles. The summed E-state index contributed by atoms with van der Waals surface area (Å²) in [7, 11) is 0. The van der Waals surface area contributed by atoms with Gasteiger partial charge in [-0.25, -0.2) is 4.98 Å². The number of pyridine rings is 1. The minimum Gasteiger partial charge on any atom is -0.368 e. The number of hydrogen-bond acceptors (Lipinski definition) is 5. The summed E-state index contributed by atoms with van der Waals surface area (Å²) >= 11 is 6.10. The number of benzene rings is 2. The molecular formula is C24H25ClN6. The Labute approximate surface area is 186 Å². The van der Waals surface area contributed by atoms with Crippen molar-refractivity contribution in [3.8, 4) is 22.3 Å². The molecular weight excluding hydrogens is 408 g/mol. The molecule has 0 bridgehead atoms. The van der Waals surface area contributed by atoms with Gasteiger partial charge in [-0.3, -0.25) is 5.10 Å². The summed E-state index contributed by atoms with van der Waals surface area (Å²) < 4.78 is 0. The number of anilines is 2. The molecule has 0 fully saturated rings. The standard InChI is InChI=1S/C24H25ClN6/c25-19-9-7-18(8-10-19)21-15-29-23(28-14-17-5-2-1-3-6-17)13-20(21)22-16-30-31-24(22)27-12-4-11-26/h1-3,5-10,13,15-16H,4,11-12,14,26H2,(H,28,29)(H2,27,30,31). The minimum absolute atomic E-state index is 0.631. The number of rotatable bonds is 9. The van der Waals surface area contributed by atoms with Crippen molar-refractivity contribution in [2.45, 2.75) is 13.0 Å². The highest BCUT2D eigenvalue weighted by atomic mass is 35.5. The first-order chi connectivity index (χ1) is 15.2. The van der Waals surface area contributed by atoms with Gasteiger partial charge in [0.1, 0.15) is 5.82 Å². The molecule has 0 amide bonds. The molecule has 158 valence electrons. The Morgan fingerprint density at radius 2 is 1.74 bits per heavy atom. The maximum absolute atomic E-state index is 6.10. The number of halogens is 1. The predicted molar refractivity (Wildman–Crippen MR) is 128 cm³/mol. The fourth-order valence-electron chi connectivity index (χ4n) is 3.36. The van der Waals surface area contributed by atoms with E-state index in [1.165, 1.54) is 5.56 Å². The zero-order chi connectivity index (χ0) is 21.5. The van der Waals surface area contributed by atoms with Gasteiger partial charge in [0, 0.05) is 41.6 Å². The van der Waals surface area contributed by atoms with Crippen molar-refractivity contribution in [1.82, 2.24) is 15.2 Å². The normalized spacial score (nSPS) is 10.8. The maximum atomic E-state index is 6.10. The fraction of sp³-hybridized carbons (Fsp3) is 0.167. The second kappa shape index (κ2) is 10.1. The van der Waals surface area contributed by atoms with Crippen LogP contribution in [0, 0.1) is 0 Å². The highest BCUT2D eigenvalue weighted by Gasteiger charge is 2.15. The molecule has 6 nitrogen and oxygen atoms in total. The second-order valence-corrected chi connectivity index (χ2v) is 7.61. The molecule has 0 radical (unpaired) electrons. The van der Waals surface area contributed by atoms with Crippen LogP contribution in [0.1, 0.15) is 12.0 Å². The van der Waals surface area contributed by atoms with Crippen LogP contribution >= 0.6 is 11.6 Å². The second-order valence-electron chi connectivity index (χ2n) is 7.18. The molecule has 2 aromatic carbocycles. The van der Waals surface area contributed by atoms with E-state index in [1.54, 1.807) is 0 Å². The van der Waals surface area contributed by atoms with Crippen molar-refractivity contribution in [2.75, 3.05) is 23.7 Å². The van der Waals surface area contributed by atoms with Gasteiger partial charge >= 0.3 is 0 Å². The topological polar surface area (TPSA) is 91.6 Å². The maximum Gasteiger partial charge on any atom is 0.155 e. The quantitative estimate of drug-likeness (QED) is 0.274. The lowest BCUT2D eigenvalue weighted by molar-refractivity contribution is 0.868. The van der Waals surface area contributed by atoms with Gasteiger partial charge in [0.2, 0.25) is 0 Å². The molecule has 0 aliphatic rings. The van der Waals surface area contributed by atoms with Gasteiger partial charge in [0.25, 0.3) is 0 Å². The molecule has 4 rings (SSSR count). The van der Waals surface area contributed by atoms with Crippen LogP contribution in [-0.4, -0.2) is 28.3 Å². The smallest absolute Gasteiger partial charge is 0.155 e. The molecule has 7 heteroatoms. The summed E-state index contributed by atoms with van der Waals surface area (Å²) in [5.41, 5.74) is 10.9. The number of nitrogens with two attached hydrogens (primary N) is 1. The molecule has 2 aromatic heterocycles. The zero-order valence-electron chi connectivity index (χ0n) is 17.1. The molecule has 0 unspecified atom stereocenters. The number of aromatic amines is 1. The van der Waals surface area contributed by atoms with Crippen LogP contribution in [0.2, 0.25) is 5.02 Å². The van der Waals surface area contributed by atoms with E-state index in [0.717, 1.165) is 46.9 Å². The van der Waals surface area contributed by atoms with E-state index in [-0.39, 0.29) is 0 Å². The Morgan fingerprint density at radius 1 is 0.935 bits per heavy atom. The Morgan fingerprint density at radius 3 is 2.52 bits per heavy atom. The van der Waals surface area contributed by atoms with E-state index in [4.69, 9.17) is 17.3 Å². The molecule has 2 heterocycles. The molecule has 0 spiro atoms. The SMILES string of the molecule is NCCCNc1n[nH]cc1-c1cc(NCc2ccccc2)ncc1-c1ccc(Cl)cc1. The summed E-state index contributed by atoms with van der Waals surface area (Å²) in [5, 5.41) is 14.9. The third kappa shape index (κ3) is 5.23. The van der Waals surface area contributed by atoms with Gasteiger partial charge in [0.15, 0.2) is 5.82 Å². The van der Waals surface area contributed by atoms with E-state index in [0.29, 0.717) is 18.1 Å². The van der Waals surface area contributed by atoms with Gasteiger partial charge in [0.05, 0.1) is 0 Å². The summed E-state index contributed by atoms with van der Waals surface area (Å²) in [4.78, 5) is 4.66. The molecule has 0 saturated heterocycles. The van der Waals surface area contributed by atoms with Crippen molar-refractivity contribution >= 4 is 23.2 Å². The monoisotopic (exact) mass is 432 g/mol. The summed E-state index contributed by atoms with van der Waals surface area (Å²) in [6.07, 6.45) is 4.67. The highest BCUT2D eigenvalue weighted by Crippen LogP contribution is 2.36. The Bertz CT molecular complexity index is 1110. The number of aromatic nitrogens is 3. The lowest BCUT2D eigenvalue weighted by atomic mass is 9.97. The van der Waals surface area contributed by atoms with Crippen LogP contribution in [0.4, 0.5) is 11.6 Å². The first-order valence-electron chi connectivity index (χ1n) is 10.3. The highest BCUT2D eigenvalue weighted by molar-refractivity contribution is 6.30. The lowest BCUT2D eigenvalue weighted by Gasteiger charge is -2.14. The van der Waals surface area contributed by atoms with Crippen molar-refractivity contribution < 1.29 is 0 Å². The van der Waals surface area contributed by atoms with Gasteiger partial charge in [-0.15, -0.1) is 0 Å². The fourth-order valence-corrected chi connectivity index (χ4v) is 3.49. The number of nitrogens with zero attached hydrogens (tertiary/aromatic N) is 2. The Balaban J connectivity index is 1.69. The first kappa shape index (κ1) is 20.9. The van der Waals surface area contributed by atoms with Crippen LogP contribution in [0.15, 0.2) is 73.1 Å². The molecule has 5 N–H and O–H groups in total. The molecule has 0 aliphatic heterocycles. The summed E-state index contributed by atoms with van der Waals surface area (Å²) in [6.45, 7) is 2.08. The minimum atomic E-state index is 0.631. The molecule has 0 aliphatic carbocycles. The lowest BCUT2D eigenvalue weighted by Crippen LogP contribution is -2.09. The van der Waals surface area contributed by atoms with Gasteiger partial charge in [-0.1, -0.05) is 54.1 Å². The first-order valence-corrected chi connectivity index (χ1v) is 10.6. The number of H-pyrrole nitrogens is 1. The number of hydrogen-bond donors (Lipinski definition) is 4. The van der Waals surface area contributed by atoms with Crippen molar-refractivity contribution in [1.29, 1.82) is 0 Å². The molecule has 0 atom stereocenters. The Kier molecular flexibility index (Phi) is 6.82. The van der Waals surface area contributed by atoms with Crippen LogP contribution in [0.3, 0.4) is 0 Å². The van der Waals surface area contributed by atoms with Crippen LogP contribution < -0.4 is 16.4 Å². The van der Waals surface area contributed by atoms with Gasteiger partial charge in [-0.05, 0) is 47.9 Å². The van der Waals surface area contributed by atoms with E-state index in [9.17, 15) is 0 Å². The predicted octanol–water partition coefficient (Wildman–Crippen LogP) is 5.16. The van der Waals surface area contributed by atoms with Crippen molar-refractivity contribution in [3.63, 3.8) is 0 Å². The van der Waals surface area contributed by atoms with Gasteiger partial charge in [-0.2, -0.15) is 5.10 Å². The van der Waals surface area contributed by atoms with Crippen LogP contribution in [0.5, 0.6) is 0 Å². The van der Waals surface area contributed by atoms with Gasteiger partial charge < -0.3 is 16.4 Å². The molecule has 4 aromatic rings. The average molecular weight is 433 g/mol. The number of nitrogens with one attached hydrogen (secondary N) is 3. The third-order valence-corrected chi connectivity index (χ3v) is 5.23. The molecule has 31 heavy (non-hydrogen) atoms. The van der Waals surface area contributed by atoms with E-state index < -0.39 is 0 Å². The van der Waals surface area contributed by atoms with Crippen molar-refractivity contribution in [2.24, 2.45) is 5.73 Å². The van der Waals surface area contributed by atoms with Crippen LogP contribution in [0.25, 0.3) is 22.3 Å². The van der Waals surface area contributed by atoms with E-state index in [1.807, 2.05) is 54.9 Å². The summed E-state index contributed by atoms with van der Waals surface area (Å²) in [5.74, 6) is 1.59. The van der Waals surface area contributed by atoms with E-state index in [2.05, 4.69) is 44.0 Å². The van der Waals surface area contributed by atoms with Crippen LogP contribution in [-0.2, 0) is 6.54 Å². The van der Waals surface area contributed by atoms with Crippen molar-refractivity contribution in [3.05, 3.63) is 83.6 Å². The average Bonchev–Trinajstić information content (AvgIpc) is 3.27. The Hall–Kier alpha value is -3.35. The summed E-state index contributed by atoms with van der Waals surface area (Å²) in [6, 6.07) is 20.1. The largest absolute Gasteiger partial charge is 0.368 e. The van der Waals surface area contributed by atoms with E-state index >= 15 is 0 Å². The zero-order valence-corrected chi connectivity index (χ0v) is 17.9.